The molecule has 0 radical (unpaired) electrons. The van der Waals surface area contributed by atoms with Gasteiger partial charge in [-0.1, -0.05) is 26.0 Å². The van der Waals surface area contributed by atoms with Gasteiger partial charge in [-0.15, -0.1) is 0 Å². The molecule has 3 heteroatoms. The van der Waals surface area contributed by atoms with Gasteiger partial charge in [-0.25, -0.2) is 0 Å². The molecule has 0 aliphatic rings. The normalized spacial score (nSPS) is 11.1. The highest BCUT2D eigenvalue weighted by Gasteiger charge is 2.08. The molecule has 0 spiro atoms. The van der Waals surface area contributed by atoms with E-state index in [2.05, 4.69) is 39.1 Å². The first-order valence-electron chi connectivity index (χ1n) is 7.53. The van der Waals surface area contributed by atoms with Crippen molar-refractivity contribution >= 4 is 0 Å². The Morgan fingerprint density at radius 2 is 2.00 bits per heavy atom. The average Bonchev–Trinajstić information content (AvgIpc) is 2.88. The van der Waals surface area contributed by atoms with Crippen LogP contribution in [-0.4, -0.2) is 6.54 Å². The van der Waals surface area contributed by atoms with Crippen LogP contribution in [0.25, 0.3) is 0 Å². The van der Waals surface area contributed by atoms with Crippen molar-refractivity contribution in [1.29, 1.82) is 0 Å². The van der Waals surface area contributed by atoms with Crippen LogP contribution in [0.5, 0.6) is 5.75 Å². The van der Waals surface area contributed by atoms with Gasteiger partial charge >= 0.3 is 0 Å². The van der Waals surface area contributed by atoms with Crippen LogP contribution < -0.4 is 10.1 Å². The van der Waals surface area contributed by atoms with Crippen molar-refractivity contribution in [3.63, 3.8) is 0 Å². The maximum Gasteiger partial charge on any atom is 0.124 e. The van der Waals surface area contributed by atoms with Crippen LogP contribution in [0.4, 0.5) is 0 Å². The molecular formula is C18H25NO2. The molecule has 0 aliphatic heterocycles. The van der Waals surface area contributed by atoms with Crippen molar-refractivity contribution < 1.29 is 9.15 Å². The van der Waals surface area contributed by atoms with E-state index in [0.29, 0.717) is 12.5 Å². The molecule has 2 aromatic rings. The lowest BCUT2D eigenvalue weighted by Crippen LogP contribution is -2.19. The highest BCUT2D eigenvalue weighted by Crippen LogP contribution is 2.22. The molecule has 0 saturated heterocycles. The van der Waals surface area contributed by atoms with Crippen molar-refractivity contribution in [1.82, 2.24) is 5.32 Å². The molecule has 114 valence electrons. The summed E-state index contributed by atoms with van der Waals surface area (Å²) in [4.78, 5) is 0. The number of rotatable bonds is 7. The first-order chi connectivity index (χ1) is 10.1. The Labute approximate surface area is 127 Å². The number of furan rings is 1. The van der Waals surface area contributed by atoms with Gasteiger partial charge in [0, 0.05) is 5.56 Å². The van der Waals surface area contributed by atoms with Crippen LogP contribution >= 0.6 is 0 Å². The molecule has 1 aromatic carbocycles. The number of hydrogen-bond donors (Lipinski definition) is 1. The molecule has 0 unspecified atom stereocenters. The van der Waals surface area contributed by atoms with E-state index in [4.69, 9.17) is 9.15 Å². The molecule has 0 saturated carbocycles. The monoisotopic (exact) mass is 287 g/mol. The van der Waals surface area contributed by atoms with Gasteiger partial charge < -0.3 is 14.5 Å². The van der Waals surface area contributed by atoms with Crippen LogP contribution in [-0.2, 0) is 13.2 Å². The predicted octanol–water partition coefficient (Wildman–Crippen LogP) is 4.22. The quantitative estimate of drug-likeness (QED) is 0.828. The molecule has 21 heavy (non-hydrogen) atoms. The molecule has 0 bridgehead atoms. The Kier molecular flexibility index (Phi) is 5.45. The van der Waals surface area contributed by atoms with E-state index in [1.807, 2.05) is 18.2 Å². The van der Waals surface area contributed by atoms with Gasteiger partial charge in [-0.05, 0) is 49.6 Å². The van der Waals surface area contributed by atoms with Gasteiger partial charge in [0.2, 0.25) is 0 Å². The summed E-state index contributed by atoms with van der Waals surface area (Å²) >= 11 is 0. The van der Waals surface area contributed by atoms with Gasteiger partial charge in [0.1, 0.15) is 18.1 Å². The van der Waals surface area contributed by atoms with Crippen LogP contribution in [0, 0.1) is 19.8 Å². The zero-order valence-corrected chi connectivity index (χ0v) is 13.4. The Balaban J connectivity index is 1.94. The molecule has 0 amide bonds. The fourth-order valence-corrected chi connectivity index (χ4v) is 2.16. The van der Waals surface area contributed by atoms with Crippen molar-refractivity contribution in [3.05, 3.63) is 53.0 Å². The number of aryl methyl sites for hydroxylation is 1. The largest absolute Gasteiger partial charge is 0.488 e. The Morgan fingerprint density at radius 3 is 2.76 bits per heavy atom. The van der Waals surface area contributed by atoms with E-state index >= 15 is 0 Å². The third-order valence-electron chi connectivity index (χ3n) is 3.61. The fourth-order valence-electron chi connectivity index (χ4n) is 2.16. The number of benzene rings is 1. The molecule has 3 nitrogen and oxygen atoms in total. The van der Waals surface area contributed by atoms with Crippen molar-refractivity contribution in [2.45, 2.75) is 40.8 Å². The minimum absolute atomic E-state index is 0.541. The highest BCUT2D eigenvalue weighted by molar-refractivity contribution is 5.38. The predicted molar refractivity (Wildman–Crippen MR) is 85.5 cm³/mol. The smallest absolute Gasteiger partial charge is 0.124 e. The number of nitrogens with one attached hydrogen (secondary N) is 1. The fraction of sp³-hybridized carbons (Fsp3) is 0.444. The van der Waals surface area contributed by atoms with Gasteiger partial charge in [-0.3, -0.25) is 0 Å². The van der Waals surface area contributed by atoms with E-state index in [1.54, 1.807) is 6.26 Å². The van der Waals surface area contributed by atoms with Crippen LogP contribution in [0.15, 0.2) is 34.9 Å². The van der Waals surface area contributed by atoms with Crippen LogP contribution in [0.2, 0.25) is 0 Å². The first-order valence-corrected chi connectivity index (χ1v) is 7.53. The molecule has 0 atom stereocenters. The lowest BCUT2D eigenvalue weighted by atomic mass is 10.1. The van der Waals surface area contributed by atoms with Gasteiger partial charge in [0.25, 0.3) is 0 Å². The second-order valence-electron chi connectivity index (χ2n) is 5.88. The van der Waals surface area contributed by atoms with E-state index in [-0.39, 0.29) is 0 Å². The molecule has 1 heterocycles. The molecule has 2 rings (SSSR count). The Morgan fingerprint density at radius 1 is 1.19 bits per heavy atom. The van der Waals surface area contributed by atoms with Crippen molar-refractivity contribution in [3.8, 4) is 5.75 Å². The molecule has 1 aromatic heterocycles. The summed E-state index contributed by atoms with van der Waals surface area (Å²) in [6.45, 7) is 10.8. The maximum atomic E-state index is 5.94. The topological polar surface area (TPSA) is 34.4 Å². The zero-order valence-electron chi connectivity index (χ0n) is 13.4. The SMILES string of the molecule is Cc1cccc(OCc2ccoc2CNCC(C)C)c1C. The zero-order chi connectivity index (χ0) is 15.2. The second-order valence-corrected chi connectivity index (χ2v) is 5.88. The lowest BCUT2D eigenvalue weighted by molar-refractivity contribution is 0.299. The van der Waals surface area contributed by atoms with Crippen molar-refractivity contribution in [2.24, 2.45) is 5.92 Å². The molecule has 0 aliphatic carbocycles. The van der Waals surface area contributed by atoms with Gasteiger partial charge in [-0.2, -0.15) is 0 Å². The molecule has 0 fully saturated rings. The maximum absolute atomic E-state index is 5.94. The summed E-state index contributed by atoms with van der Waals surface area (Å²) in [5, 5.41) is 3.40. The van der Waals surface area contributed by atoms with E-state index < -0.39 is 0 Å². The lowest BCUT2D eigenvalue weighted by Gasteiger charge is -2.11. The summed E-state index contributed by atoms with van der Waals surface area (Å²) in [6, 6.07) is 8.12. The minimum Gasteiger partial charge on any atom is -0.488 e. The summed E-state index contributed by atoms with van der Waals surface area (Å²) in [7, 11) is 0. The summed E-state index contributed by atoms with van der Waals surface area (Å²) in [5.41, 5.74) is 3.55. The Hall–Kier alpha value is -1.74. The standard InChI is InChI=1S/C18H25NO2/c1-13(2)10-19-11-18-16(8-9-20-18)12-21-17-7-5-6-14(3)15(17)4/h5-9,13,19H,10-12H2,1-4H3. The summed E-state index contributed by atoms with van der Waals surface area (Å²) in [6.07, 6.45) is 1.73. The summed E-state index contributed by atoms with van der Waals surface area (Å²) < 4.78 is 11.5. The van der Waals surface area contributed by atoms with E-state index in [1.165, 1.54) is 11.1 Å². The van der Waals surface area contributed by atoms with E-state index in [9.17, 15) is 0 Å². The highest BCUT2D eigenvalue weighted by atomic mass is 16.5. The van der Waals surface area contributed by atoms with Gasteiger partial charge in [0.05, 0.1) is 12.8 Å². The van der Waals surface area contributed by atoms with Crippen molar-refractivity contribution in [2.75, 3.05) is 6.54 Å². The second kappa shape index (κ2) is 7.32. The van der Waals surface area contributed by atoms with Crippen LogP contribution in [0.3, 0.4) is 0 Å². The van der Waals surface area contributed by atoms with E-state index in [0.717, 1.165) is 30.2 Å². The molecule has 1 N–H and O–H groups in total. The van der Waals surface area contributed by atoms with Crippen LogP contribution in [0.1, 0.15) is 36.3 Å². The number of hydrogen-bond acceptors (Lipinski definition) is 3. The summed E-state index contributed by atoms with van der Waals surface area (Å²) in [5.74, 6) is 2.54. The first kappa shape index (κ1) is 15.6. The third-order valence-corrected chi connectivity index (χ3v) is 3.61. The third kappa shape index (κ3) is 4.36. The molecular weight excluding hydrogens is 262 g/mol. The minimum atomic E-state index is 0.541. The Bertz CT molecular complexity index is 572. The van der Waals surface area contributed by atoms with Gasteiger partial charge in [0.15, 0.2) is 0 Å². The average molecular weight is 287 g/mol. The number of ether oxygens (including phenoxy) is 1.